The lowest BCUT2D eigenvalue weighted by Gasteiger charge is -2.55. The number of likely N-dealkylation sites (tertiary alicyclic amines) is 1. The van der Waals surface area contributed by atoms with E-state index < -0.39 is 18.0 Å². The van der Waals surface area contributed by atoms with E-state index in [1.165, 1.54) is 18.2 Å². The van der Waals surface area contributed by atoms with Crippen LogP contribution in [-0.4, -0.2) is 102 Å². The fraction of sp³-hybridized carbons (Fsp3) is 0.645. The molecule has 11 heteroatoms. The Kier molecular flexibility index (Phi) is 8.46. The molecule has 4 heterocycles. The number of carbonyl (C=O) groups excluding carboxylic acids is 2. The minimum Gasteiger partial charge on any atom is -0.362 e. The Morgan fingerprint density at radius 1 is 1.26 bits per heavy atom. The third-order valence-electron chi connectivity index (χ3n) is 10.1. The summed E-state index contributed by atoms with van der Waals surface area (Å²) in [6.45, 7) is 7.07. The number of rotatable bonds is 6. The topological polar surface area (TPSA) is 110 Å². The standard InChI is InChI=1S/C31H41FN6O4/c1-3-26(39)38-14-13-37(17-23(38)9-11-33)29-25-8-10-31(16-21-15-22(32)7-6-20(21)18-42-31)28(40)27(25)34-30(35-29)41-19-24-5-4-12-36(24)2/h3,6-7,15,23-25,27,29-30,34-35H,1,4-5,8-10,12-14,16-19H2,2H3/t23?,24?,25?,27?,29?,30?,31-/m0/s1. The lowest BCUT2D eigenvalue weighted by Crippen LogP contribution is -2.75. The monoisotopic (exact) mass is 580 g/mol. The van der Waals surface area contributed by atoms with Crippen molar-refractivity contribution in [3.8, 4) is 6.07 Å². The van der Waals surface area contributed by atoms with Gasteiger partial charge < -0.3 is 19.3 Å². The Morgan fingerprint density at radius 2 is 2.12 bits per heavy atom. The summed E-state index contributed by atoms with van der Waals surface area (Å²) in [6.07, 6.45) is 4.59. The molecule has 3 saturated heterocycles. The highest BCUT2D eigenvalue weighted by Gasteiger charge is 2.56. The first kappa shape index (κ1) is 29.4. The van der Waals surface area contributed by atoms with Crippen molar-refractivity contribution < 1.29 is 23.5 Å². The van der Waals surface area contributed by atoms with Crippen LogP contribution in [-0.2, 0) is 32.1 Å². The van der Waals surface area contributed by atoms with E-state index in [4.69, 9.17) is 9.47 Å². The Morgan fingerprint density at radius 3 is 2.88 bits per heavy atom. The van der Waals surface area contributed by atoms with Crippen LogP contribution in [0.25, 0.3) is 0 Å². The molecule has 1 aromatic carbocycles. The number of likely N-dealkylation sites (N-methyl/N-ethyl adjacent to an activating group) is 1. The molecule has 0 radical (unpaired) electrons. The molecular weight excluding hydrogens is 539 g/mol. The number of nitrogens with zero attached hydrogens (tertiary/aromatic N) is 4. The summed E-state index contributed by atoms with van der Waals surface area (Å²) in [5, 5.41) is 16.6. The van der Waals surface area contributed by atoms with E-state index in [1.807, 2.05) is 0 Å². The van der Waals surface area contributed by atoms with Gasteiger partial charge in [-0.3, -0.25) is 25.1 Å². The van der Waals surface area contributed by atoms with Crippen LogP contribution < -0.4 is 10.6 Å². The van der Waals surface area contributed by atoms with Gasteiger partial charge in [0.15, 0.2) is 12.1 Å². The Balaban J connectivity index is 1.24. The molecule has 1 aromatic rings. The molecule has 6 rings (SSSR count). The lowest BCUT2D eigenvalue weighted by atomic mass is 9.68. The van der Waals surface area contributed by atoms with E-state index in [0.717, 1.165) is 36.9 Å². The molecule has 42 heavy (non-hydrogen) atoms. The van der Waals surface area contributed by atoms with E-state index >= 15 is 0 Å². The van der Waals surface area contributed by atoms with Crippen molar-refractivity contribution in [2.75, 3.05) is 39.8 Å². The van der Waals surface area contributed by atoms with Gasteiger partial charge in [0.25, 0.3) is 0 Å². The summed E-state index contributed by atoms with van der Waals surface area (Å²) in [5.74, 6) is -0.563. The number of amides is 1. The average molecular weight is 581 g/mol. The largest absolute Gasteiger partial charge is 0.362 e. The van der Waals surface area contributed by atoms with Crippen molar-refractivity contribution >= 4 is 11.7 Å². The predicted octanol–water partition coefficient (Wildman–Crippen LogP) is 1.51. The molecule has 0 aromatic heterocycles. The zero-order valence-corrected chi connectivity index (χ0v) is 24.3. The van der Waals surface area contributed by atoms with Crippen LogP contribution in [0.3, 0.4) is 0 Å². The normalized spacial score (nSPS) is 35.5. The molecule has 226 valence electrons. The molecule has 5 aliphatic rings. The smallest absolute Gasteiger partial charge is 0.246 e. The zero-order chi connectivity index (χ0) is 29.4. The molecule has 1 aliphatic carbocycles. The number of piperazine rings is 1. The number of hydrogen-bond acceptors (Lipinski definition) is 9. The van der Waals surface area contributed by atoms with Gasteiger partial charge in [-0.15, -0.1) is 0 Å². The summed E-state index contributed by atoms with van der Waals surface area (Å²) in [7, 11) is 2.11. The van der Waals surface area contributed by atoms with Gasteiger partial charge in [-0.05, 0) is 68.6 Å². The number of nitrogens with one attached hydrogen (secondary N) is 2. The molecule has 6 unspecified atom stereocenters. The average Bonchev–Trinajstić information content (AvgIpc) is 3.41. The van der Waals surface area contributed by atoms with Crippen LogP contribution in [0.1, 0.15) is 43.2 Å². The molecule has 1 spiro atoms. The SMILES string of the molecule is C=CC(=O)N1CCN(C2NC(OCC3CCCN3C)NC3C(=O)[C@]4(CCC32)Cc2cc(F)ccc2CO4)CC1CC#N. The fourth-order valence-corrected chi connectivity index (χ4v) is 7.68. The number of carbonyl (C=O) groups is 2. The molecular formula is C31H41FN6O4. The van der Waals surface area contributed by atoms with Crippen LogP contribution in [0.15, 0.2) is 30.9 Å². The zero-order valence-electron chi connectivity index (χ0n) is 24.3. The van der Waals surface area contributed by atoms with Gasteiger partial charge in [0.05, 0.1) is 44.0 Å². The van der Waals surface area contributed by atoms with Gasteiger partial charge in [0.2, 0.25) is 5.91 Å². The second-order valence-corrected chi connectivity index (χ2v) is 12.4. The minimum atomic E-state index is -1.01. The summed E-state index contributed by atoms with van der Waals surface area (Å²) in [6, 6.07) is 6.47. The molecule has 2 N–H and O–H groups in total. The second-order valence-electron chi connectivity index (χ2n) is 12.4. The molecule has 4 fully saturated rings. The third-order valence-corrected chi connectivity index (χ3v) is 10.1. The quantitative estimate of drug-likeness (QED) is 0.484. The number of hydrogen-bond donors (Lipinski definition) is 2. The number of benzene rings is 1. The van der Waals surface area contributed by atoms with Crippen molar-refractivity contribution in [2.24, 2.45) is 5.92 Å². The first-order chi connectivity index (χ1) is 20.3. The van der Waals surface area contributed by atoms with Crippen molar-refractivity contribution in [3.63, 3.8) is 0 Å². The van der Waals surface area contributed by atoms with Crippen molar-refractivity contribution in [2.45, 2.75) is 81.4 Å². The molecule has 0 bridgehead atoms. The lowest BCUT2D eigenvalue weighted by molar-refractivity contribution is -0.173. The number of nitriles is 1. The molecule has 7 atom stereocenters. The summed E-state index contributed by atoms with van der Waals surface area (Å²) in [5.41, 5.74) is 0.745. The summed E-state index contributed by atoms with van der Waals surface area (Å²) < 4.78 is 26.8. The van der Waals surface area contributed by atoms with E-state index in [1.54, 1.807) is 11.0 Å². The number of halogens is 1. The maximum atomic E-state index is 14.4. The van der Waals surface area contributed by atoms with Gasteiger partial charge in [0, 0.05) is 38.0 Å². The highest BCUT2D eigenvalue weighted by atomic mass is 19.1. The summed E-state index contributed by atoms with van der Waals surface area (Å²) >= 11 is 0. The van der Waals surface area contributed by atoms with E-state index in [9.17, 15) is 19.2 Å². The maximum Gasteiger partial charge on any atom is 0.246 e. The van der Waals surface area contributed by atoms with Gasteiger partial charge in [-0.25, -0.2) is 4.39 Å². The first-order valence-corrected chi connectivity index (χ1v) is 15.2. The third kappa shape index (κ3) is 5.52. The predicted molar refractivity (Wildman–Crippen MR) is 152 cm³/mol. The highest BCUT2D eigenvalue weighted by Crippen LogP contribution is 2.42. The van der Waals surface area contributed by atoms with Crippen LogP contribution in [0.5, 0.6) is 0 Å². The number of ether oxygens (including phenoxy) is 2. The number of ketones is 1. The van der Waals surface area contributed by atoms with Gasteiger partial charge in [-0.2, -0.15) is 5.26 Å². The second kappa shape index (κ2) is 12.1. The van der Waals surface area contributed by atoms with Crippen LogP contribution >= 0.6 is 0 Å². The summed E-state index contributed by atoms with van der Waals surface area (Å²) in [4.78, 5) is 33.2. The molecule has 10 nitrogen and oxygen atoms in total. The Hall–Kier alpha value is -2.72. The van der Waals surface area contributed by atoms with Crippen LogP contribution in [0.4, 0.5) is 4.39 Å². The molecule has 1 saturated carbocycles. The molecule has 4 aliphatic heterocycles. The van der Waals surface area contributed by atoms with Crippen molar-refractivity contribution in [3.05, 3.63) is 47.8 Å². The van der Waals surface area contributed by atoms with E-state index in [2.05, 4.69) is 40.1 Å². The first-order valence-electron chi connectivity index (χ1n) is 15.2. The van der Waals surface area contributed by atoms with Crippen molar-refractivity contribution in [1.82, 2.24) is 25.3 Å². The van der Waals surface area contributed by atoms with Gasteiger partial charge in [0.1, 0.15) is 11.4 Å². The van der Waals surface area contributed by atoms with Crippen LogP contribution in [0, 0.1) is 23.1 Å². The van der Waals surface area contributed by atoms with Gasteiger partial charge >= 0.3 is 0 Å². The Bertz CT molecular complexity index is 1260. The van der Waals surface area contributed by atoms with Crippen LogP contribution in [0.2, 0.25) is 0 Å². The molecule has 1 amide bonds. The highest BCUT2D eigenvalue weighted by molar-refractivity contribution is 5.94. The Labute approximate surface area is 246 Å². The van der Waals surface area contributed by atoms with E-state index in [-0.39, 0.29) is 48.7 Å². The van der Waals surface area contributed by atoms with Gasteiger partial charge in [-0.1, -0.05) is 12.6 Å². The van der Waals surface area contributed by atoms with Crippen molar-refractivity contribution in [1.29, 1.82) is 5.26 Å². The number of Topliss-reactive ketones (excluding diaryl/α,β-unsaturated/α-hetero) is 1. The fourth-order valence-electron chi connectivity index (χ4n) is 7.68. The number of fused-ring (bicyclic) bond motifs is 2. The maximum absolute atomic E-state index is 14.4. The minimum absolute atomic E-state index is 0.0132. The van der Waals surface area contributed by atoms with E-state index in [0.29, 0.717) is 45.1 Å².